The fraction of sp³-hybridized carbons (Fsp3) is 0.471. The van der Waals surface area contributed by atoms with Crippen LogP contribution < -0.4 is 15.5 Å². The molecule has 0 atom stereocenters. The zero-order chi connectivity index (χ0) is 16.6. The second-order valence-corrected chi connectivity index (χ2v) is 6.53. The van der Waals surface area contributed by atoms with Gasteiger partial charge >= 0.3 is 11.8 Å². The Morgan fingerprint density at radius 1 is 1.22 bits per heavy atom. The average Bonchev–Trinajstić information content (AvgIpc) is 2.82. The minimum absolute atomic E-state index is 0.110. The first kappa shape index (κ1) is 15.5. The van der Waals surface area contributed by atoms with Gasteiger partial charge < -0.3 is 15.5 Å². The molecule has 1 aromatic rings. The second-order valence-electron chi connectivity index (χ2n) is 6.53. The lowest BCUT2D eigenvalue weighted by molar-refractivity contribution is -0.136. The van der Waals surface area contributed by atoms with Crippen molar-refractivity contribution >= 4 is 29.1 Å². The van der Waals surface area contributed by atoms with E-state index in [1.165, 1.54) is 0 Å². The molecular weight excluding hydrogens is 294 g/mol. The average molecular weight is 315 g/mol. The van der Waals surface area contributed by atoms with Crippen LogP contribution in [-0.2, 0) is 27.2 Å². The van der Waals surface area contributed by atoms with Gasteiger partial charge in [-0.1, -0.05) is 13.8 Å². The maximum Gasteiger partial charge on any atom is 0.313 e. The van der Waals surface area contributed by atoms with Crippen molar-refractivity contribution in [2.24, 2.45) is 5.92 Å². The van der Waals surface area contributed by atoms with Crippen molar-refractivity contribution in [3.8, 4) is 0 Å². The fourth-order valence-corrected chi connectivity index (χ4v) is 3.12. The molecule has 23 heavy (non-hydrogen) atoms. The zero-order valence-electron chi connectivity index (χ0n) is 13.4. The summed E-state index contributed by atoms with van der Waals surface area (Å²) in [5.74, 6) is -0.910. The molecule has 2 heterocycles. The predicted molar refractivity (Wildman–Crippen MR) is 87.3 cm³/mol. The van der Waals surface area contributed by atoms with Gasteiger partial charge in [-0.2, -0.15) is 0 Å². The summed E-state index contributed by atoms with van der Waals surface area (Å²) in [5, 5.41) is 5.24. The Morgan fingerprint density at radius 2 is 1.96 bits per heavy atom. The number of benzene rings is 1. The highest BCUT2D eigenvalue weighted by Gasteiger charge is 2.32. The molecular formula is C17H21N3O3. The summed E-state index contributed by atoms with van der Waals surface area (Å²) in [6.45, 7) is 5.16. The molecule has 0 saturated heterocycles. The number of amides is 3. The minimum atomic E-state index is -0.671. The van der Waals surface area contributed by atoms with Crippen molar-refractivity contribution in [3.63, 3.8) is 0 Å². The van der Waals surface area contributed by atoms with E-state index in [0.717, 1.165) is 36.2 Å². The van der Waals surface area contributed by atoms with Crippen molar-refractivity contribution in [2.75, 3.05) is 23.3 Å². The molecule has 2 aliphatic rings. The third-order valence-corrected chi connectivity index (χ3v) is 4.14. The van der Waals surface area contributed by atoms with Crippen LogP contribution in [0.2, 0.25) is 0 Å². The molecule has 0 aliphatic carbocycles. The van der Waals surface area contributed by atoms with Gasteiger partial charge in [0.1, 0.15) is 0 Å². The Labute approximate surface area is 135 Å². The lowest BCUT2D eigenvalue weighted by atomic mass is 9.99. The molecule has 6 nitrogen and oxygen atoms in total. The number of anilines is 2. The van der Waals surface area contributed by atoms with E-state index in [4.69, 9.17) is 0 Å². The van der Waals surface area contributed by atoms with Gasteiger partial charge in [0.2, 0.25) is 5.91 Å². The Balaban J connectivity index is 1.75. The van der Waals surface area contributed by atoms with E-state index in [0.29, 0.717) is 18.7 Å². The van der Waals surface area contributed by atoms with Gasteiger partial charge in [-0.15, -0.1) is 0 Å². The van der Waals surface area contributed by atoms with Crippen LogP contribution in [0.3, 0.4) is 0 Å². The van der Waals surface area contributed by atoms with E-state index in [1.54, 1.807) is 6.07 Å². The molecule has 0 spiro atoms. The normalized spacial score (nSPS) is 15.6. The summed E-state index contributed by atoms with van der Waals surface area (Å²) in [6.07, 6.45) is 2.17. The third-order valence-electron chi connectivity index (χ3n) is 4.14. The Kier molecular flexibility index (Phi) is 4.07. The number of nitrogens with zero attached hydrogens (tertiary/aromatic N) is 1. The molecule has 0 fully saturated rings. The number of rotatable bonds is 3. The standard InChI is InChI=1S/C17H21N3O3/c1-10(2)9-18-16(22)17(23)19-13-6-11-4-3-5-20-14(21)8-12(7-13)15(11)20/h6-7,10H,3-5,8-9H2,1-2H3,(H,18,22)(H,19,23). The van der Waals surface area contributed by atoms with Crippen LogP contribution in [0.25, 0.3) is 0 Å². The van der Waals surface area contributed by atoms with Crippen LogP contribution in [0, 0.1) is 5.92 Å². The summed E-state index contributed by atoms with van der Waals surface area (Å²) >= 11 is 0. The first-order valence-corrected chi connectivity index (χ1v) is 8.01. The highest BCUT2D eigenvalue weighted by molar-refractivity contribution is 6.39. The van der Waals surface area contributed by atoms with E-state index in [2.05, 4.69) is 10.6 Å². The highest BCUT2D eigenvalue weighted by atomic mass is 16.2. The highest BCUT2D eigenvalue weighted by Crippen LogP contribution is 2.38. The zero-order valence-corrected chi connectivity index (χ0v) is 13.4. The van der Waals surface area contributed by atoms with E-state index in [-0.39, 0.29) is 11.8 Å². The molecule has 2 N–H and O–H groups in total. The number of carbonyl (C=O) groups is 3. The maximum absolute atomic E-state index is 12.0. The quantitative estimate of drug-likeness (QED) is 0.824. The maximum atomic E-state index is 12.0. The minimum Gasteiger partial charge on any atom is -0.348 e. The molecule has 0 saturated carbocycles. The Hall–Kier alpha value is -2.37. The van der Waals surface area contributed by atoms with Crippen molar-refractivity contribution in [3.05, 3.63) is 23.3 Å². The molecule has 3 rings (SSSR count). The number of carbonyl (C=O) groups excluding carboxylic acids is 3. The number of aryl methyl sites for hydroxylation is 1. The molecule has 6 heteroatoms. The Morgan fingerprint density at radius 3 is 2.70 bits per heavy atom. The first-order valence-electron chi connectivity index (χ1n) is 8.01. The summed E-state index contributed by atoms with van der Waals surface area (Å²) in [5.41, 5.74) is 3.59. The molecule has 0 bridgehead atoms. The van der Waals surface area contributed by atoms with Crippen LogP contribution in [0.4, 0.5) is 11.4 Å². The lowest BCUT2D eigenvalue weighted by Gasteiger charge is -2.26. The van der Waals surface area contributed by atoms with E-state index in [9.17, 15) is 14.4 Å². The van der Waals surface area contributed by atoms with Gasteiger partial charge in [-0.05, 0) is 42.0 Å². The van der Waals surface area contributed by atoms with Gasteiger partial charge in [0.05, 0.1) is 12.1 Å². The van der Waals surface area contributed by atoms with Gasteiger partial charge in [-0.3, -0.25) is 14.4 Å². The van der Waals surface area contributed by atoms with Crippen molar-refractivity contribution in [1.82, 2.24) is 5.32 Å². The van der Waals surface area contributed by atoms with Gasteiger partial charge in [0, 0.05) is 18.8 Å². The molecule has 0 unspecified atom stereocenters. The van der Waals surface area contributed by atoms with E-state index >= 15 is 0 Å². The van der Waals surface area contributed by atoms with Gasteiger partial charge in [0.15, 0.2) is 0 Å². The van der Waals surface area contributed by atoms with Crippen molar-refractivity contribution < 1.29 is 14.4 Å². The topological polar surface area (TPSA) is 78.5 Å². The molecule has 2 aliphatic heterocycles. The third kappa shape index (κ3) is 3.06. The van der Waals surface area contributed by atoms with Crippen molar-refractivity contribution in [1.29, 1.82) is 0 Å². The van der Waals surface area contributed by atoms with Crippen LogP contribution in [-0.4, -0.2) is 30.8 Å². The first-order chi connectivity index (χ1) is 11.0. The summed E-state index contributed by atoms with van der Waals surface area (Å²) in [6, 6.07) is 3.67. The van der Waals surface area contributed by atoms with Gasteiger partial charge in [-0.25, -0.2) is 0 Å². The van der Waals surface area contributed by atoms with Gasteiger partial charge in [0.25, 0.3) is 0 Å². The number of hydrogen-bond donors (Lipinski definition) is 2. The lowest BCUT2D eigenvalue weighted by Crippen LogP contribution is -2.37. The van der Waals surface area contributed by atoms with Crippen molar-refractivity contribution in [2.45, 2.75) is 33.1 Å². The molecule has 3 amide bonds. The van der Waals surface area contributed by atoms with E-state index in [1.807, 2.05) is 24.8 Å². The summed E-state index contributed by atoms with van der Waals surface area (Å²) in [7, 11) is 0. The SMILES string of the molecule is CC(C)CNC(=O)C(=O)Nc1cc2c3c(c1)CC(=O)N3CCC2. The predicted octanol–water partition coefficient (Wildman–Crippen LogP) is 1.23. The molecule has 0 radical (unpaired) electrons. The monoisotopic (exact) mass is 315 g/mol. The largest absolute Gasteiger partial charge is 0.348 e. The molecule has 1 aromatic carbocycles. The van der Waals surface area contributed by atoms with E-state index < -0.39 is 11.8 Å². The summed E-state index contributed by atoms with van der Waals surface area (Å²) < 4.78 is 0. The fourth-order valence-electron chi connectivity index (χ4n) is 3.12. The number of hydrogen-bond acceptors (Lipinski definition) is 3. The molecule has 0 aromatic heterocycles. The second kappa shape index (κ2) is 6.02. The summed E-state index contributed by atoms with van der Waals surface area (Å²) in [4.78, 5) is 37.6. The number of nitrogens with one attached hydrogen (secondary N) is 2. The Bertz CT molecular complexity index is 682. The van der Waals surface area contributed by atoms with Crippen LogP contribution >= 0.6 is 0 Å². The van der Waals surface area contributed by atoms with Crippen LogP contribution in [0.15, 0.2) is 12.1 Å². The molecule has 122 valence electrons. The smallest absolute Gasteiger partial charge is 0.313 e. The van der Waals surface area contributed by atoms with Crippen LogP contribution in [0.1, 0.15) is 31.4 Å². The van der Waals surface area contributed by atoms with Crippen LogP contribution in [0.5, 0.6) is 0 Å².